The van der Waals surface area contributed by atoms with E-state index in [-0.39, 0.29) is 44.4 Å². The Morgan fingerprint density at radius 2 is 1.61 bits per heavy atom. The molecule has 0 fully saturated rings. The van der Waals surface area contributed by atoms with E-state index in [1.807, 2.05) is 30.3 Å². The van der Waals surface area contributed by atoms with Gasteiger partial charge in [0, 0.05) is 17.2 Å². The first kappa shape index (κ1) is 20.6. The van der Waals surface area contributed by atoms with Crippen LogP contribution < -0.4 is 53.5 Å². The number of anilines is 2. The third-order valence-electron chi connectivity index (χ3n) is 4.88. The van der Waals surface area contributed by atoms with E-state index in [9.17, 15) is 0 Å². The van der Waals surface area contributed by atoms with Gasteiger partial charge < -0.3 is 4.90 Å². The van der Waals surface area contributed by atoms with Crippen LogP contribution in [0.15, 0.2) is 102 Å². The van der Waals surface area contributed by atoms with E-state index in [4.69, 9.17) is 0 Å². The minimum atomic E-state index is 0. The molecule has 1 heterocycles. The van der Waals surface area contributed by atoms with Crippen LogP contribution in [0.4, 0.5) is 11.4 Å². The Morgan fingerprint density at radius 3 is 2.39 bits per heavy atom. The van der Waals surface area contributed by atoms with Gasteiger partial charge in [0.15, 0.2) is 0 Å². The summed E-state index contributed by atoms with van der Waals surface area (Å²) in [6, 6.07) is 31.9. The van der Waals surface area contributed by atoms with Crippen molar-refractivity contribution in [3.05, 3.63) is 120 Å². The molecular weight excluding hydrogens is 327 g/mol. The fourth-order valence-corrected chi connectivity index (χ4v) is 3.79. The number of nitrogens with zero attached hydrogens (tertiary/aromatic N) is 1. The number of hydrogen-bond donors (Lipinski definition) is 0. The van der Waals surface area contributed by atoms with Gasteiger partial charge in [-0.1, -0.05) is 23.9 Å². The van der Waals surface area contributed by atoms with Crippen molar-refractivity contribution in [3.8, 4) is 0 Å². The van der Waals surface area contributed by atoms with Crippen molar-refractivity contribution in [2.45, 2.75) is 0 Å². The van der Waals surface area contributed by atoms with Gasteiger partial charge >= 0.3 is 37.7 Å². The second-order valence-corrected chi connectivity index (χ2v) is 6.38. The van der Waals surface area contributed by atoms with Gasteiger partial charge in [0.2, 0.25) is 0 Å². The molecule has 0 spiro atoms. The topological polar surface area (TPSA) is 3.24 Å². The van der Waals surface area contributed by atoms with E-state index in [1.165, 1.54) is 22.3 Å². The summed E-state index contributed by atoms with van der Waals surface area (Å²) >= 11 is 0. The summed E-state index contributed by atoms with van der Waals surface area (Å²) in [7, 11) is 0. The molecule has 1 nitrogen and oxygen atoms in total. The van der Waals surface area contributed by atoms with Crippen molar-refractivity contribution in [2.75, 3.05) is 4.90 Å². The Kier molecular flexibility index (Phi) is 6.54. The second-order valence-electron chi connectivity index (χ2n) is 6.38. The monoisotopic (exact) mass is 342 g/mol. The van der Waals surface area contributed by atoms with Crippen molar-refractivity contribution in [2.24, 2.45) is 0 Å². The second kappa shape index (κ2) is 8.90. The van der Waals surface area contributed by atoms with Gasteiger partial charge in [0.05, 0.1) is 12.2 Å². The molecule has 0 N–H and O–H groups in total. The fraction of sp³-hybridized carbons (Fsp3) is 0. The summed E-state index contributed by atoms with van der Waals surface area (Å²) < 4.78 is 0. The zero-order chi connectivity index (χ0) is 17.3. The fourth-order valence-electron chi connectivity index (χ4n) is 3.79. The zero-order valence-electron chi connectivity index (χ0n) is 16.2. The van der Waals surface area contributed by atoms with E-state index >= 15 is 0 Å². The molecule has 1 aliphatic carbocycles. The quantitative estimate of drug-likeness (QED) is 0.377. The van der Waals surface area contributed by atoms with E-state index in [0.717, 1.165) is 11.2 Å². The van der Waals surface area contributed by atoms with Gasteiger partial charge in [-0.15, -0.1) is 11.5 Å². The third kappa shape index (κ3) is 3.48. The van der Waals surface area contributed by atoms with Crippen LogP contribution in [0.1, 0.15) is 0 Å². The molecule has 5 rings (SSSR count). The number of benzene rings is 3. The average molecular weight is 342 g/mol. The van der Waals surface area contributed by atoms with Crippen molar-refractivity contribution < 1.29 is 37.7 Å². The van der Waals surface area contributed by atoms with Gasteiger partial charge in [-0.3, -0.25) is 0 Å². The Labute approximate surface area is 191 Å². The number of allylic oxidation sites excluding steroid dienone is 5. The summed E-state index contributed by atoms with van der Waals surface area (Å²) in [5.74, 6) is 0. The van der Waals surface area contributed by atoms with Crippen molar-refractivity contribution in [1.29, 1.82) is 0 Å². The molecule has 0 saturated carbocycles. The summed E-state index contributed by atoms with van der Waals surface area (Å²) in [6.07, 6.45) is 9.50. The Morgan fingerprint density at radius 1 is 0.821 bits per heavy atom. The Balaban J connectivity index is 0.00000112. The standard InChI is InChI=1S/C24H15BN.2Li/c1-3-11-19(12-4-1)25-21-15-7-9-17-23(21)26(20-13-5-2-6-14-20)24-18-10-8-16-22(24)25;;/h1-7,9-11,13-14,16-18H;;/q-1;2*+1. The first-order chi connectivity index (χ1) is 12.9. The molecule has 0 radical (unpaired) electrons. The van der Waals surface area contributed by atoms with Gasteiger partial charge in [0.25, 0.3) is 6.71 Å². The van der Waals surface area contributed by atoms with E-state index in [0.29, 0.717) is 0 Å². The molecule has 4 heteroatoms. The zero-order valence-corrected chi connectivity index (χ0v) is 16.2. The number of para-hydroxylation sites is 1. The Bertz CT molecular complexity index is 958. The molecule has 28 heavy (non-hydrogen) atoms. The van der Waals surface area contributed by atoms with E-state index < -0.39 is 0 Å². The van der Waals surface area contributed by atoms with Gasteiger partial charge in [-0.2, -0.15) is 54.0 Å². The minimum absolute atomic E-state index is 0. The average Bonchev–Trinajstić information content (AvgIpc) is 2.73. The molecule has 0 aromatic heterocycles. The first-order valence-electron chi connectivity index (χ1n) is 8.76. The minimum Gasteiger partial charge on any atom is -0.344 e. The van der Waals surface area contributed by atoms with Gasteiger partial charge in [0.1, 0.15) is 11.8 Å². The Hall–Kier alpha value is -2.15. The molecule has 1 aliphatic heterocycles. The summed E-state index contributed by atoms with van der Waals surface area (Å²) in [4.78, 5) is 2.31. The molecule has 0 amide bonds. The van der Waals surface area contributed by atoms with E-state index in [2.05, 4.69) is 83.8 Å². The molecule has 0 atom stereocenters. The molecule has 3 aromatic carbocycles. The van der Waals surface area contributed by atoms with Crippen LogP contribution in [0.5, 0.6) is 0 Å². The molecule has 120 valence electrons. The van der Waals surface area contributed by atoms with Crippen LogP contribution in [-0.4, -0.2) is 6.71 Å². The van der Waals surface area contributed by atoms with Crippen LogP contribution in [0, 0.1) is 18.2 Å². The van der Waals surface area contributed by atoms with E-state index in [1.54, 1.807) is 0 Å². The maximum Gasteiger partial charge on any atom is 1.00 e. The smallest absolute Gasteiger partial charge is 0.344 e. The molecule has 0 bridgehead atoms. The molecular formula is C24H15BLi2N+. The molecule has 0 saturated heterocycles. The SMILES string of the molecule is [C+]1=CC2=C(C=C1)N(c1ccccc1)c1ccc[c-]c1B2c1[c-]cccc1.[Li+].[Li+]. The normalized spacial score (nSPS) is 13.7. The molecule has 3 aromatic rings. The van der Waals surface area contributed by atoms with Crippen LogP contribution in [0.2, 0.25) is 0 Å². The largest absolute Gasteiger partial charge is 1.00 e. The molecule has 0 unspecified atom stereocenters. The van der Waals surface area contributed by atoms with Gasteiger partial charge in [-0.25, -0.2) is 0 Å². The molecule has 2 aliphatic rings. The van der Waals surface area contributed by atoms with Crippen LogP contribution in [0.25, 0.3) is 0 Å². The maximum atomic E-state index is 3.50. The van der Waals surface area contributed by atoms with Crippen LogP contribution in [-0.2, 0) is 0 Å². The number of rotatable bonds is 2. The predicted molar refractivity (Wildman–Crippen MR) is 108 cm³/mol. The summed E-state index contributed by atoms with van der Waals surface area (Å²) in [6.45, 7) is 0.111. The first-order valence-corrected chi connectivity index (χ1v) is 8.76. The summed E-state index contributed by atoms with van der Waals surface area (Å²) in [5.41, 5.74) is 7.06. The van der Waals surface area contributed by atoms with Crippen molar-refractivity contribution in [1.82, 2.24) is 0 Å². The maximum absolute atomic E-state index is 3.50. The number of fused-ring (bicyclic) bond motifs is 1. The predicted octanol–water partition coefficient (Wildman–Crippen LogP) is -2.22. The van der Waals surface area contributed by atoms with Crippen molar-refractivity contribution >= 4 is 29.0 Å². The van der Waals surface area contributed by atoms with Crippen LogP contribution >= 0.6 is 0 Å². The summed E-state index contributed by atoms with van der Waals surface area (Å²) in [5, 5.41) is 0. The van der Waals surface area contributed by atoms with Gasteiger partial charge in [-0.05, 0) is 12.1 Å². The van der Waals surface area contributed by atoms with Crippen LogP contribution in [0.3, 0.4) is 0 Å². The third-order valence-corrected chi connectivity index (χ3v) is 4.88. The number of hydrogen-bond acceptors (Lipinski definition) is 1. The van der Waals surface area contributed by atoms with Crippen molar-refractivity contribution in [3.63, 3.8) is 0 Å².